The Hall–Kier alpha value is -3.61. The van der Waals surface area contributed by atoms with E-state index < -0.39 is 0 Å². The van der Waals surface area contributed by atoms with Crippen molar-refractivity contribution in [3.05, 3.63) is 61.1 Å². The largest absolute Gasteiger partial charge is 0.497 e. The number of para-hydroxylation sites is 2. The summed E-state index contributed by atoms with van der Waals surface area (Å²) in [5.74, 6) is 2.24. The molecule has 0 saturated carbocycles. The van der Waals surface area contributed by atoms with Crippen molar-refractivity contribution < 1.29 is 9.47 Å². The Morgan fingerprint density at radius 2 is 1.85 bits per heavy atom. The third kappa shape index (κ3) is 3.27. The van der Waals surface area contributed by atoms with E-state index in [-0.39, 0.29) is 0 Å². The first kappa shape index (κ1) is 16.8. The maximum Gasteiger partial charge on any atom is 0.168 e. The lowest BCUT2D eigenvalue weighted by atomic mass is 10.2. The molecule has 136 valence electrons. The molecule has 0 fully saturated rings. The van der Waals surface area contributed by atoms with Crippen LogP contribution in [-0.2, 0) is 0 Å². The van der Waals surface area contributed by atoms with Gasteiger partial charge in [0.25, 0.3) is 0 Å². The van der Waals surface area contributed by atoms with Crippen molar-refractivity contribution in [1.29, 1.82) is 0 Å². The first-order chi connectivity index (χ1) is 13.3. The maximum absolute atomic E-state index is 5.68. The van der Waals surface area contributed by atoms with Crippen LogP contribution in [0, 0.1) is 0 Å². The molecule has 0 atom stereocenters. The smallest absolute Gasteiger partial charge is 0.168 e. The fourth-order valence-corrected chi connectivity index (χ4v) is 2.83. The lowest BCUT2D eigenvalue weighted by Gasteiger charge is -2.12. The molecule has 0 spiro atoms. The molecule has 0 aliphatic heterocycles. The van der Waals surface area contributed by atoms with E-state index in [4.69, 9.17) is 9.47 Å². The third-order valence-electron chi connectivity index (χ3n) is 4.12. The van der Waals surface area contributed by atoms with Gasteiger partial charge in [-0.3, -0.25) is 0 Å². The molecule has 7 nitrogen and oxygen atoms in total. The molecular formula is C20H19N5O2. The Labute approximate surface area is 156 Å². The van der Waals surface area contributed by atoms with Gasteiger partial charge in [0.1, 0.15) is 23.6 Å². The second-order valence-corrected chi connectivity index (χ2v) is 5.77. The molecule has 0 aliphatic carbocycles. The van der Waals surface area contributed by atoms with E-state index in [0.29, 0.717) is 18.1 Å². The number of ether oxygens (including phenoxy) is 2. The molecule has 0 aliphatic rings. The summed E-state index contributed by atoms with van der Waals surface area (Å²) in [7, 11) is 1.64. The van der Waals surface area contributed by atoms with Crippen LogP contribution >= 0.6 is 0 Å². The van der Waals surface area contributed by atoms with Gasteiger partial charge in [0, 0.05) is 0 Å². The summed E-state index contributed by atoms with van der Waals surface area (Å²) in [5, 5.41) is 8.64. The predicted octanol–water partition coefficient (Wildman–Crippen LogP) is 3.97. The van der Waals surface area contributed by atoms with Gasteiger partial charge in [-0.15, -0.1) is 0 Å². The van der Waals surface area contributed by atoms with Crippen LogP contribution in [0.5, 0.6) is 11.5 Å². The van der Waals surface area contributed by atoms with Crippen molar-refractivity contribution in [2.45, 2.75) is 6.92 Å². The van der Waals surface area contributed by atoms with E-state index >= 15 is 0 Å². The zero-order valence-corrected chi connectivity index (χ0v) is 15.1. The highest BCUT2D eigenvalue weighted by Crippen LogP contribution is 2.30. The summed E-state index contributed by atoms with van der Waals surface area (Å²) in [4.78, 5) is 8.79. The average Bonchev–Trinajstić information content (AvgIpc) is 3.15. The second-order valence-electron chi connectivity index (χ2n) is 5.77. The fraction of sp³-hybridized carbons (Fsp3) is 0.150. The van der Waals surface area contributed by atoms with E-state index in [2.05, 4.69) is 20.4 Å². The van der Waals surface area contributed by atoms with Gasteiger partial charge in [-0.05, 0) is 43.3 Å². The molecule has 0 unspecified atom stereocenters. The van der Waals surface area contributed by atoms with Gasteiger partial charge in [0.05, 0.1) is 36.7 Å². The zero-order chi connectivity index (χ0) is 18.6. The number of aromatic nitrogens is 4. The van der Waals surface area contributed by atoms with Crippen molar-refractivity contribution in [3.8, 4) is 17.2 Å². The van der Waals surface area contributed by atoms with Gasteiger partial charge in [-0.25, -0.2) is 14.6 Å². The summed E-state index contributed by atoms with van der Waals surface area (Å²) in [6.07, 6.45) is 3.28. The molecule has 2 aromatic heterocycles. The number of rotatable bonds is 6. The molecular weight excluding hydrogens is 342 g/mol. The Kier molecular flexibility index (Phi) is 4.57. The summed E-state index contributed by atoms with van der Waals surface area (Å²) < 4.78 is 12.7. The molecule has 7 heteroatoms. The number of benzene rings is 2. The van der Waals surface area contributed by atoms with Gasteiger partial charge in [-0.1, -0.05) is 12.1 Å². The number of fused-ring (bicyclic) bond motifs is 1. The van der Waals surface area contributed by atoms with Gasteiger partial charge >= 0.3 is 0 Å². The molecule has 0 saturated heterocycles. The molecule has 2 heterocycles. The Morgan fingerprint density at radius 1 is 1.04 bits per heavy atom. The summed E-state index contributed by atoms with van der Waals surface area (Å²) in [6.45, 7) is 2.55. The van der Waals surface area contributed by atoms with Crippen molar-refractivity contribution in [3.63, 3.8) is 0 Å². The first-order valence-corrected chi connectivity index (χ1v) is 8.62. The summed E-state index contributed by atoms with van der Waals surface area (Å²) in [5.41, 5.74) is 2.45. The number of methoxy groups -OCH3 is 1. The predicted molar refractivity (Wildman–Crippen MR) is 104 cm³/mol. The molecule has 4 rings (SSSR count). The number of nitrogens with zero attached hydrogens (tertiary/aromatic N) is 4. The number of hydrogen-bond acceptors (Lipinski definition) is 6. The number of nitrogens with one attached hydrogen (secondary N) is 1. The molecule has 0 radical (unpaired) electrons. The highest BCUT2D eigenvalue weighted by molar-refractivity contribution is 5.89. The highest BCUT2D eigenvalue weighted by atomic mass is 16.5. The average molecular weight is 361 g/mol. The monoisotopic (exact) mass is 361 g/mol. The van der Waals surface area contributed by atoms with Crippen LogP contribution in [-0.4, -0.2) is 33.5 Å². The number of hydrogen-bond donors (Lipinski definition) is 1. The fourth-order valence-electron chi connectivity index (χ4n) is 2.83. The van der Waals surface area contributed by atoms with Crippen molar-refractivity contribution >= 4 is 22.5 Å². The Balaban J connectivity index is 1.72. The van der Waals surface area contributed by atoms with Crippen LogP contribution in [0.25, 0.3) is 16.7 Å². The van der Waals surface area contributed by atoms with Crippen LogP contribution in [0.15, 0.2) is 61.1 Å². The molecule has 0 amide bonds. The Morgan fingerprint density at radius 3 is 2.63 bits per heavy atom. The van der Waals surface area contributed by atoms with E-state index in [1.807, 2.05) is 55.5 Å². The normalized spacial score (nSPS) is 10.7. The molecule has 1 N–H and O–H groups in total. The minimum absolute atomic E-state index is 0.591. The minimum Gasteiger partial charge on any atom is -0.497 e. The van der Waals surface area contributed by atoms with E-state index in [0.717, 1.165) is 28.3 Å². The van der Waals surface area contributed by atoms with E-state index in [1.165, 1.54) is 6.33 Å². The first-order valence-electron chi connectivity index (χ1n) is 8.62. The quantitative estimate of drug-likeness (QED) is 0.560. The number of anilines is 2. The van der Waals surface area contributed by atoms with Gasteiger partial charge in [-0.2, -0.15) is 5.10 Å². The summed E-state index contributed by atoms with van der Waals surface area (Å²) in [6, 6.07) is 15.4. The van der Waals surface area contributed by atoms with Crippen molar-refractivity contribution in [1.82, 2.24) is 19.7 Å². The highest BCUT2D eigenvalue weighted by Gasteiger charge is 2.13. The third-order valence-corrected chi connectivity index (χ3v) is 4.12. The van der Waals surface area contributed by atoms with Crippen LogP contribution in [0.2, 0.25) is 0 Å². The van der Waals surface area contributed by atoms with Crippen LogP contribution in [0.3, 0.4) is 0 Å². The topological polar surface area (TPSA) is 74.1 Å². The van der Waals surface area contributed by atoms with Crippen LogP contribution in [0.1, 0.15) is 6.92 Å². The summed E-state index contributed by atoms with van der Waals surface area (Å²) >= 11 is 0. The molecule has 0 bridgehead atoms. The zero-order valence-electron chi connectivity index (χ0n) is 15.1. The van der Waals surface area contributed by atoms with Crippen LogP contribution < -0.4 is 14.8 Å². The van der Waals surface area contributed by atoms with Crippen LogP contribution in [0.4, 0.5) is 11.5 Å². The van der Waals surface area contributed by atoms with Gasteiger partial charge < -0.3 is 14.8 Å². The lowest BCUT2D eigenvalue weighted by Crippen LogP contribution is -2.01. The molecule has 27 heavy (non-hydrogen) atoms. The minimum atomic E-state index is 0.591. The lowest BCUT2D eigenvalue weighted by molar-refractivity contribution is 0.342. The van der Waals surface area contributed by atoms with Gasteiger partial charge in [0.15, 0.2) is 5.65 Å². The second kappa shape index (κ2) is 7.33. The maximum atomic E-state index is 5.68. The molecule has 2 aromatic carbocycles. The SMILES string of the molecule is CCOc1ccccc1Nc1ncnc2c1cnn2-c1ccc(OC)cc1. The van der Waals surface area contributed by atoms with Gasteiger partial charge in [0.2, 0.25) is 0 Å². The Bertz CT molecular complexity index is 1060. The van der Waals surface area contributed by atoms with E-state index in [1.54, 1.807) is 18.0 Å². The molecule has 4 aromatic rings. The van der Waals surface area contributed by atoms with Crippen molar-refractivity contribution in [2.24, 2.45) is 0 Å². The standard InChI is InChI=1S/C20H19N5O2/c1-3-27-18-7-5-4-6-17(18)24-19-16-12-23-25(20(16)22-13-21-19)14-8-10-15(26-2)11-9-14/h4-13H,3H2,1-2H3,(H,21,22,24). The van der Waals surface area contributed by atoms with E-state index in [9.17, 15) is 0 Å². The van der Waals surface area contributed by atoms with Crippen molar-refractivity contribution in [2.75, 3.05) is 19.0 Å².